The minimum Gasteiger partial charge on any atom is -0.496 e. The predicted octanol–water partition coefficient (Wildman–Crippen LogP) is 2.76. The summed E-state index contributed by atoms with van der Waals surface area (Å²) >= 11 is 1.19. The number of aliphatic imine (C=N–C) groups is 1. The van der Waals surface area contributed by atoms with Crippen molar-refractivity contribution in [1.29, 1.82) is 0 Å². The van der Waals surface area contributed by atoms with Gasteiger partial charge in [-0.1, -0.05) is 23.8 Å². The Hall–Kier alpha value is -1.37. The van der Waals surface area contributed by atoms with E-state index in [1.165, 1.54) is 16.9 Å². The summed E-state index contributed by atoms with van der Waals surface area (Å²) in [5.41, 5.74) is 2.32. The lowest BCUT2D eigenvalue weighted by atomic mass is 10.1. The van der Waals surface area contributed by atoms with Gasteiger partial charge in [-0.05, 0) is 43.3 Å². The largest absolute Gasteiger partial charge is 0.496 e. The molecule has 1 aromatic heterocycles. The molecule has 1 aromatic carbocycles. The van der Waals surface area contributed by atoms with E-state index < -0.39 is 10.0 Å². The summed E-state index contributed by atoms with van der Waals surface area (Å²) in [6, 6.07) is 9.42. The first-order valence-electron chi connectivity index (χ1n) is 9.15. The molecule has 0 bridgehead atoms. The molecule has 3 N–H and O–H groups in total. The van der Waals surface area contributed by atoms with Crippen LogP contribution in [0.25, 0.3) is 0 Å². The average Bonchev–Trinajstić information content (AvgIpc) is 3.21. The zero-order valence-corrected chi connectivity index (χ0v) is 20.9. The van der Waals surface area contributed by atoms with Crippen LogP contribution >= 0.6 is 35.3 Å². The van der Waals surface area contributed by atoms with Crippen LogP contribution in [-0.2, 0) is 16.4 Å². The van der Waals surface area contributed by atoms with Gasteiger partial charge in [-0.15, -0.1) is 35.3 Å². The van der Waals surface area contributed by atoms with E-state index in [2.05, 4.69) is 33.3 Å². The first-order chi connectivity index (χ1) is 13.5. The highest BCUT2D eigenvalue weighted by Gasteiger charge is 2.13. The van der Waals surface area contributed by atoms with Gasteiger partial charge >= 0.3 is 0 Å². The van der Waals surface area contributed by atoms with Crippen molar-refractivity contribution in [3.8, 4) is 5.75 Å². The molecule has 29 heavy (non-hydrogen) atoms. The highest BCUT2D eigenvalue weighted by Crippen LogP contribution is 2.19. The molecule has 2 aromatic rings. The average molecular weight is 553 g/mol. The molecule has 162 valence electrons. The van der Waals surface area contributed by atoms with Crippen LogP contribution in [0.5, 0.6) is 5.75 Å². The molecular formula is C19H29IN4O3S2. The fraction of sp³-hybridized carbons (Fsp3) is 0.421. The van der Waals surface area contributed by atoms with Crippen LogP contribution in [0.1, 0.15) is 18.1 Å². The van der Waals surface area contributed by atoms with Crippen molar-refractivity contribution in [2.24, 2.45) is 4.99 Å². The number of hydrogen-bond acceptors (Lipinski definition) is 5. The first kappa shape index (κ1) is 25.7. The van der Waals surface area contributed by atoms with Gasteiger partial charge in [-0.2, -0.15) is 0 Å². The second kappa shape index (κ2) is 13.0. The van der Waals surface area contributed by atoms with E-state index in [4.69, 9.17) is 4.74 Å². The highest BCUT2D eigenvalue weighted by atomic mass is 127. The van der Waals surface area contributed by atoms with Gasteiger partial charge in [0.2, 0.25) is 10.0 Å². The van der Waals surface area contributed by atoms with E-state index in [1.807, 2.05) is 19.1 Å². The van der Waals surface area contributed by atoms with Crippen LogP contribution in [0.15, 0.2) is 44.9 Å². The van der Waals surface area contributed by atoms with Gasteiger partial charge < -0.3 is 15.4 Å². The Morgan fingerprint density at radius 1 is 1.21 bits per heavy atom. The highest BCUT2D eigenvalue weighted by molar-refractivity contribution is 14.0. The molecular weight excluding hydrogens is 523 g/mol. The molecule has 10 heteroatoms. The lowest BCUT2D eigenvalue weighted by molar-refractivity contribution is 0.409. The third-order valence-corrected chi connectivity index (χ3v) is 6.76. The molecule has 0 spiro atoms. The topological polar surface area (TPSA) is 91.8 Å². The van der Waals surface area contributed by atoms with E-state index in [0.717, 1.165) is 24.3 Å². The van der Waals surface area contributed by atoms with Crippen molar-refractivity contribution in [3.05, 3.63) is 46.8 Å². The van der Waals surface area contributed by atoms with E-state index in [0.29, 0.717) is 23.3 Å². The minimum atomic E-state index is -3.45. The van der Waals surface area contributed by atoms with E-state index >= 15 is 0 Å². The number of guanidine groups is 1. The Bertz CT molecular complexity index is 872. The first-order valence-corrected chi connectivity index (χ1v) is 11.5. The summed E-state index contributed by atoms with van der Waals surface area (Å²) in [5, 5.41) is 8.18. The lowest BCUT2D eigenvalue weighted by Gasteiger charge is -2.13. The summed E-state index contributed by atoms with van der Waals surface area (Å²) in [6.45, 7) is 6.03. The SMILES string of the molecule is CCNC(=NCCNS(=O)(=O)c1cccs1)NCCc1cc(C)ccc1OC.I. The number of hydrogen-bond donors (Lipinski definition) is 3. The summed E-state index contributed by atoms with van der Waals surface area (Å²) in [7, 11) is -1.78. The monoisotopic (exact) mass is 552 g/mol. The zero-order valence-electron chi connectivity index (χ0n) is 16.9. The standard InChI is InChI=1S/C19H28N4O3S2.HI/c1-4-20-19(21-10-9-16-14-15(2)7-8-17(16)26-3)22-11-12-23-28(24,25)18-6-5-13-27-18;/h5-8,13-14,23H,4,9-12H2,1-3H3,(H2,20,21,22);1H. The fourth-order valence-corrected chi connectivity index (χ4v) is 4.65. The molecule has 0 aliphatic heterocycles. The number of thiophene rings is 1. The van der Waals surface area contributed by atoms with Gasteiger partial charge in [0, 0.05) is 19.6 Å². The molecule has 0 aliphatic rings. The molecule has 0 fully saturated rings. The molecule has 0 atom stereocenters. The smallest absolute Gasteiger partial charge is 0.250 e. The number of benzene rings is 1. The maximum Gasteiger partial charge on any atom is 0.250 e. The number of rotatable bonds is 10. The summed E-state index contributed by atoms with van der Waals surface area (Å²) in [5.74, 6) is 1.53. The second-order valence-electron chi connectivity index (χ2n) is 6.08. The fourth-order valence-electron chi connectivity index (χ4n) is 2.60. The normalized spacial score (nSPS) is 11.6. The molecule has 2 rings (SSSR count). The van der Waals surface area contributed by atoms with E-state index in [-0.39, 0.29) is 30.5 Å². The van der Waals surface area contributed by atoms with Crippen LogP contribution in [-0.4, -0.2) is 47.7 Å². The quantitative estimate of drug-likeness (QED) is 0.183. The van der Waals surface area contributed by atoms with Crippen LogP contribution in [0.2, 0.25) is 0 Å². The van der Waals surface area contributed by atoms with E-state index in [9.17, 15) is 8.42 Å². The van der Waals surface area contributed by atoms with Gasteiger partial charge in [0.1, 0.15) is 9.96 Å². The van der Waals surface area contributed by atoms with Gasteiger partial charge in [0.05, 0.1) is 13.7 Å². The number of ether oxygens (including phenoxy) is 1. The Balaban J connectivity index is 0.00000420. The number of methoxy groups -OCH3 is 1. The summed E-state index contributed by atoms with van der Waals surface area (Å²) in [4.78, 5) is 4.43. The third-order valence-electron chi connectivity index (χ3n) is 3.90. The number of sulfonamides is 1. The minimum absolute atomic E-state index is 0. The molecule has 0 saturated heterocycles. The Morgan fingerprint density at radius 2 is 2.00 bits per heavy atom. The van der Waals surface area contributed by atoms with Crippen molar-refractivity contribution in [1.82, 2.24) is 15.4 Å². The molecule has 0 radical (unpaired) electrons. The Kier molecular flexibility index (Phi) is 11.5. The second-order valence-corrected chi connectivity index (χ2v) is 9.02. The molecule has 7 nitrogen and oxygen atoms in total. The number of aryl methyl sites for hydroxylation is 1. The number of halogens is 1. The Labute approximate surface area is 194 Å². The maximum absolute atomic E-state index is 12.1. The molecule has 0 saturated carbocycles. The van der Waals surface area contributed by atoms with Crippen LogP contribution in [0.3, 0.4) is 0 Å². The van der Waals surface area contributed by atoms with Crippen molar-refractivity contribution >= 4 is 51.3 Å². The van der Waals surface area contributed by atoms with Crippen molar-refractivity contribution in [2.45, 2.75) is 24.5 Å². The molecule has 1 heterocycles. The zero-order chi connectivity index (χ0) is 20.4. The number of nitrogens with one attached hydrogen (secondary N) is 3. The van der Waals surface area contributed by atoms with E-state index in [1.54, 1.807) is 24.6 Å². The van der Waals surface area contributed by atoms with Crippen LogP contribution in [0.4, 0.5) is 0 Å². The van der Waals surface area contributed by atoms with Gasteiger partial charge in [0.15, 0.2) is 5.96 Å². The van der Waals surface area contributed by atoms with Gasteiger partial charge in [-0.3, -0.25) is 4.99 Å². The van der Waals surface area contributed by atoms with Crippen LogP contribution in [0, 0.1) is 6.92 Å². The Morgan fingerprint density at radius 3 is 2.66 bits per heavy atom. The van der Waals surface area contributed by atoms with Crippen molar-refractivity contribution in [2.75, 3.05) is 33.3 Å². The third kappa shape index (κ3) is 8.49. The molecule has 0 amide bonds. The predicted molar refractivity (Wildman–Crippen MR) is 130 cm³/mol. The van der Waals surface area contributed by atoms with Crippen molar-refractivity contribution in [3.63, 3.8) is 0 Å². The number of nitrogens with zero attached hydrogens (tertiary/aromatic N) is 1. The molecule has 0 aliphatic carbocycles. The maximum atomic E-state index is 12.1. The molecule has 0 unspecified atom stereocenters. The lowest BCUT2D eigenvalue weighted by Crippen LogP contribution is -2.39. The summed E-state index contributed by atoms with van der Waals surface area (Å²) in [6.07, 6.45) is 0.792. The van der Waals surface area contributed by atoms with Crippen LogP contribution < -0.4 is 20.1 Å². The van der Waals surface area contributed by atoms with Gasteiger partial charge in [0.25, 0.3) is 0 Å². The van der Waals surface area contributed by atoms with Crippen molar-refractivity contribution < 1.29 is 13.2 Å². The summed E-state index contributed by atoms with van der Waals surface area (Å²) < 4.78 is 32.5. The van der Waals surface area contributed by atoms with Gasteiger partial charge in [-0.25, -0.2) is 13.1 Å².